The van der Waals surface area contributed by atoms with Crippen LogP contribution in [0.2, 0.25) is 0 Å². The van der Waals surface area contributed by atoms with Gasteiger partial charge in [-0.15, -0.1) is 6.58 Å². The first-order chi connectivity index (χ1) is 8.15. The molecule has 1 nitrogen and oxygen atoms in total. The molecule has 0 aliphatic heterocycles. The molecule has 0 aromatic heterocycles. The van der Waals surface area contributed by atoms with Crippen LogP contribution in [0.1, 0.15) is 5.56 Å². The molecule has 0 unspecified atom stereocenters. The van der Waals surface area contributed by atoms with Gasteiger partial charge in [0.15, 0.2) is 11.6 Å². The third-order valence-corrected chi connectivity index (χ3v) is 3.03. The monoisotopic (exact) mass is 261 g/mol. The summed E-state index contributed by atoms with van der Waals surface area (Å²) >= 11 is 1.69. The summed E-state index contributed by atoms with van der Waals surface area (Å²) in [6, 6.07) is 1.45. The van der Waals surface area contributed by atoms with Crippen molar-refractivity contribution in [1.82, 2.24) is 5.32 Å². The van der Waals surface area contributed by atoms with Gasteiger partial charge < -0.3 is 5.32 Å². The summed E-state index contributed by atoms with van der Waals surface area (Å²) in [7, 11) is 0. The lowest BCUT2D eigenvalue weighted by Gasteiger charge is -2.06. The molecule has 1 aromatic rings. The van der Waals surface area contributed by atoms with Crippen molar-refractivity contribution in [3.8, 4) is 0 Å². The molecule has 1 aromatic carbocycles. The SMILES string of the molecule is C=CCSCCNCc1cc(F)c(F)cc1F. The molecule has 1 rings (SSSR count). The zero-order chi connectivity index (χ0) is 12.7. The minimum atomic E-state index is -1.16. The van der Waals surface area contributed by atoms with Crippen molar-refractivity contribution in [2.45, 2.75) is 6.54 Å². The Morgan fingerprint density at radius 1 is 1.18 bits per heavy atom. The molecule has 94 valence electrons. The molecule has 0 aliphatic carbocycles. The molecular formula is C12H14F3NS. The van der Waals surface area contributed by atoms with E-state index in [0.717, 1.165) is 17.6 Å². The van der Waals surface area contributed by atoms with Crippen LogP contribution in [-0.2, 0) is 6.54 Å². The average Bonchev–Trinajstić information content (AvgIpc) is 2.30. The summed E-state index contributed by atoms with van der Waals surface area (Å²) in [6.45, 7) is 4.46. The van der Waals surface area contributed by atoms with E-state index < -0.39 is 17.5 Å². The topological polar surface area (TPSA) is 12.0 Å². The number of thioether (sulfide) groups is 1. The van der Waals surface area contributed by atoms with Crippen molar-refractivity contribution in [1.29, 1.82) is 0 Å². The Balaban J connectivity index is 2.36. The van der Waals surface area contributed by atoms with Gasteiger partial charge in [-0.1, -0.05) is 6.08 Å². The van der Waals surface area contributed by atoms with Gasteiger partial charge in [0, 0.05) is 36.2 Å². The standard InChI is InChI=1S/C12H14F3NS/c1-2-4-17-5-3-16-8-9-6-11(14)12(15)7-10(9)13/h2,6-7,16H,1,3-5,8H2. The molecule has 0 saturated heterocycles. The van der Waals surface area contributed by atoms with Crippen molar-refractivity contribution in [3.05, 3.63) is 47.8 Å². The quantitative estimate of drug-likeness (QED) is 0.460. The maximum absolute atomic E-state index is 13.2. The van der Waals surface area contributed by atoms with Crippen LogP contribution in [-0.4, -0.2) is 18.1 Å². The molecule has 0 saturated carbocycles. The zero-order valence-corrected chi connectivity index (χ0v) is 10.1. The number of hydrogen-bond donors (Lipinski definition) is 1. The number of rotatable bonds is 7. The smallest absolute Gasteiger partial charge is 0.161 e. The Morgan fingerprint density at radius 3 is 2.59 bits per heavy atom. The van der Waals surface area contributed by atoms with Gasteiger partial charge in [-0.25, -0.2) is 13.2 Å². The maximum atomic E-state index is 13.2. The van der Waals surface area contributed by atoms with Crippen LogP contribution in [0.4, 0.5) is 13.2 Å². The molecular weight excluding hydrogens is 247 g/mol. The largest absolute Gasteiger partial charge is 0.312 e. The molecule has 0 fully saturated rings. The first-order valence-corrected chi connectivity index (χ1v) is 6.33. The number of hydrogen-bond acceptors (Lipinski definition) is 2. The van der Waals surface area contributed by atoms with Gasteiger partial charge in [0.25, 0.3) is 0 Å². The molecule has 0 bridgehead atoms. The van der Waals surface area contributed by atoms with Crippen molar-refractivity contribution in [3.63, 3.8) is 0 Å². The van der Waals surface area contributed by atoms with Crippen LogP contribution >= 0.6 is 11.8 Å². The van der Waals surface area contributed by atoms with Crippen LogP contribution in [0.25, 0.3) is 0 Å². The molecule has 0 radical (unpaired) electrons. The molecule has 1 N–H and O–H groups in total. The minimum Gasteiger partial charge on any atom is -0.312 e. The van der Waals surface area contributed by atoms with Gasteiger partial charge in [0.05, 0.1) is 0 Å². The van der Waals surface area contributed by atoms with Crippen molar-refractivity contribution < 1.29 is 13.2 Å². The van der Waals surface area contributed by atoms with Gasteiger partial charge in [-0.3, -0.25) is 0 Å². The second-order valence-electron chi connectivity index (χ2n) is 3.40. The minimum absolute atomic E-state index is 0.137. The molecule has 5 heteroatoms. The highest BCUT2D eigenvalue weighted by atomic mass is 32.2. The van der Waals surface area contributed by atoms with Crippen molar-refractivity contribution in [2.75, 3.05) is 18.1 Å². The fraction of sp³-hybridized carbons (Fsp3) is 0.333. The maximum Gasteiger partial charge on any atom is 0.161 e. The third kappa shape index (κ3) is 4.83. The fourth-order valence-electron chi connectivity index (χ4n) is 1.23. The highest BCUT2D eigenvalue weighted by Gasteiger charge is 2.08. The van der Waals surface area contributed by atoms with Crippen LogP contribution in [0.3, 0.4) is 0 Å². The number of halogens is 3. The normalized spacial score (nSPS) is 10.5. The lowest BCUT2D eigenvalue weighted by Crippen LogP contribution is -2.17. The Kier molecular flexibility index (Phi) is 6.15. The molecule has 0 heterocycles. The highest BCUT2D eigenvalue weighted by Crippen LogP contribution is 2.13. The Morgan fingerprint density at radius 2 is 1.88 bits per heavy atom. The predicted octanol–water partition coefficient (Wildman–Crippen LogP) is 3.11. The number of benzene rings is 1. The second-order valence-corrected chi connectivity index (χ2v) is 4.55. The second kappa shape index (κ2) is 7.40. The van der Waals surface area contributed by atoms with Gasteiger partial charge >= 0.3 is 0 Å². The molecule has 17 heavy (non-hydrogen) atoms. The van der Waals surface area contributed by atoms with E-state index in [0.29, 0.717) is 12.6 Å². The van der Waals surface area contributed by atoms with E-state index in [1.165, 1.54) is 0 Å². The highest BCUT2D eigenvalue weighted by molar-refractivity contribution is 7.99. The summed E-state index contributed by atoms with van der Waals surface area (Å²) in [6.07, 6.45) is 1.81. The van der Waals surface area contributed by atoms with E-state index in [-0.39, 0.29) is 12.1 Å². The summed E-state index contributed by atoms with van der Waals surface area (Å²) in [5.41, 5.74) is 0.137. The van der Waals surface area contributed by atoms with E-state index in [4.69, 9.17) is 0 Å². The van der Waals surface area contributed by atoms with Crippen LogP contribution in [0.5, 0.6) is 0 Å². The Labute approximate surface area is 103 Å². The predicted molar refractivity (Wildman–Crippen MR) is 65.5 cm³/mol. The summed E-state index contributed by atoms with van der Waals surface area (Å²) < 4.78 is 38.7. The number of nitrogens with one attached hydrogen (secondary N) is 1. The lowest BCUT2D eigenvalue weighted by atomic mass is 10.2. The van der Waals surface area contributed by atoms with Gasteiger partial charge in [0.2, 0.25) is 0 Å². The summed E-state index contributed by atoms with van der Waals surface area (Å²) in [5.74, 6) is -1.19. The van der Waals surface area contributed by atoms with Crippen LogP contribution < -0.4 is 5.32 Å². The summed E-state index contributed by atoms with van der Waals surface area (Å²) in [4.78, 5) is 0. The van der Waals surface area contributed by atoms with Crippen LogP contribution in [0, 0.1) is 17.5 Å². The molecule has 0 aliphatic rings. The van der Waals surface area contributed by atoms with Crippen molar-refractivity contribution >= 4 is 11.8 Å². The first-order valence-electron chi connectivity index (χ1n) is 5.18. The van der Waals surface area contributed by atoms with Crippen LogP contribution in [0.15, 0.2) is 24.8 Å². The Hall–Kier alpha value is -0.940. The van der Waals surface area contributed by atoms with E-state index in [2.05, 4.69) is 11.9 Å². The van der Waals surface area contributed by atoms with Gasteiger partial charge in [0.1, 0.15) is 5.82 Å². The van der Waals surface area contributed by atoms with Crippen molar-refractivity contribution in [2.24, 2.45) is 0 Å². The molecule has 0 amide bonds. The average molecular weight is 261 g/mol. The van der Waals surface area contributed by atoms with E-state index in [1.54, 1.807) is 17.8 Å². The lowest BCUT2D eigenvalue weighted by molar-refractivity contribution is 0.487. The summed E-state index contributed by atoms with van der Waals surface area (Å²) in [5, 5.41) is 2.96. The van der Waals surface area contributed by atoms with E-state index >= 15 is 0 Å². The van der Waals surface area contributed by atoms with E-state index in [9.17, 15) is 13.2 Å². The fourth-order valence-corrected chi connectivity index (χ4v) is 1.86. The van der Waals surface area contributed by atoms with Gasteiger partial charge in [-0.05, 0) is 6.07 Å². The molecule has 0 spiro atoms. The Bertz CT molecular complexity index is 382. The van der Waals surface area contributed by atoms with E-state index in [1.807, 2.05) is 0 Å². The first kappa shape index (κ1) is 14.1. The third-order valence-electron chi connectivity index (χ3n) is 2.06. The zero-order valence-electron chi connectivity index (χ0n) is 9.31. The van der Waals surface area contributed by atoms with Gasteiger partial charge in [-0.2, -0.15) is 11.8 Å². The molecule has 0 atom stereocenters.